The number of halogens is 1. The molecule has 3 heteroatoms. The maximum atomic E-state index is 13.4. The average Bonchev–Trinajstić information content (AvgIpc) is 2.27. The molecule has 0 amide bonds. The normalized spacial score (nSPS) is 14.6. The molecule has 0 aromatic heterocycles. The van der Waals surface area contributed by atoms with E-state index in [9.17, 15) is 4.39 Å². The second-order valence-electron chi connectivity index (χ2n) is 4.68. The summed E-state index contributed by atoms with van der Waals surface area (Å²) in [5.74, 6) is -0.153. The molecule has 2 N–H and O–H groups in total. The zero-order valence-corrected chi connectivity index (χ0v) is 10.8. The molecule has 0 radical (unpaired) electrons. The van der Waals surface area contributed by atoms with Crippen molar-refractivity contribution < 1.29 is 9.50 Å². The topological polar surface area (TPSA) is 32.3 Å². The summed E-state index contributed by atoms with van der Waals surface area (Å²) in [5, 5.41) is 12.4. The van der Waals surface area contributed by atoms with Crippen LogP contribution >= 0.6 is 0 Å². The number of rotatable bonds is 6. The van der Waals surface area contributed by atoms with E-state index in [0.717, 1.165) is 24.9 Å². The summed E-state index contributed by atoms with van der Waals surface area (Å²) in [5.41, 5.74) is 1.64. The van der Waals surface area contributed by atoms with Crippen LogP contribution in [0.15, 0.2) is 18.2 Å². The zero-order chi connectivity index (χ0) is 12.8. The van der Waals surface area contributed by atoms with Crippen molar-refractivity contribution in [2.45, 2.75) is 45.8 Å². The summed E-state index contributed by atoms with van der Waals surface area (Å²) in [6.45, 7) is 6.41. The van der Waals surface area contributed by atoms with Crippen molar-refractivity contribution in [3.8, 4) is 0 Å². The molecule has 2 nitrogen and oxygen atoms in total. The predicted octanol–water partition coefficient (Wildman–Crippen LogP) is 2.95. The molecule has 1 aromatic carbocycles. The number of aliphatic hydroxyl groups is 1. The van der Waals surface area contributed by atoms with Gasteiger partial charge in [0, 0.05) is 6.04 Å². The van der Waals surface area contributed by atoms with Crippen LogP contribution in [-0.2, 0) is 0 Å². The predicted molar refractivity (Wildman–Crippen MR) is 68.5 cm³/mol. The molecule has 2 unspecified atom stereocenters. The van der Waals surface area contributed by atoms with Gasteiger partial charge >= 0.3 is 0 Å². The molecule has 0 fully saturated rings. The number of nitrogens with one attached hydrogen (secondary N) is 1. The smallest absolute Gasteiger partial charge is 0.126 e. The molecule has 0 saturated carbocycles. The van der Waals surface area contributed by atoms with E-state index in [1.807, 2.05) is 13.0 Å². The average molecular weight is 239 g/mol. The number of aryl methyl sites for hydroxylation is 1. The molecular formula is C14H22FNO. The Balaban J connectivity index is 2.41. The summed E-state index contributed by atoms with van der Waals surface area (Å²) in [6, 6.07) is 5.48. The Labute approximate surface area is 103 Å². The van der Waals surface area contributed by atoms with Gasteiger partial charge in [0.25, 0.3) is 0 Å². The van der Waals surface area contributed by atoms with E-state index in [2.05, 4.69) is 5.32 Å². The minimum atomic E-state index is -0.246. The third-order valence-electron chi connectivity index (χ3n) is 2.95. The number of hydrogen-bond acceptors (Lipinski definition) is 2. The van der Waals surface area contributed by atoms with E-state index in [1.54, 1.807) is 26.0 Å². The lowest BCUT2D eigenvalue weighted by Crippen LogP contribution is -2.20. The highest BCUT2D eigenvalue weighted by molar-refractivity contribution is 5.25. The third kappa shape index (κ3) is 4.84. The van der Waals surface area contributed by atoms with Crippen molar-refractivity contribution in [1.82, 2.24) is 5.32 Å². The first-order chi connectivity index (χ1) is 8.00. The van der Waals surface area contributed by atoms with Gasteiger partial charge in [0.15, 0.2) is 0 Å². The quantitative estimate of drug-likeness (QED) is 0.748. The van der Waals surface area contributed by atoms with Crippen LogP contribution in [0.5, 0.6) is 0 Å². The van der Waals surface area contributed by atoms with Crippen LogP contribution in [0.1, 0.15) is 43.9 Å². The van der Waals surface area contributed by atoms with E-state index >= 15 is 0 Å². The van der Waals surface area contributed by atoms with Gasteiger partial charge in [-0.15, -0.1) is 0 Å². The number of benzene rings is 1. The summed E-state index contributed by atoms with van der Waals surface area (Å²) >= 11 is 0. The first-order valence-corrected chi connectivity index (χ1v) is 6.18. The van der Waals surface area contributed by atoms with Crippen LogP contribution in [-0.4, -0.2) is 17.8 Å². The molecular weight excluding hydrogens is 217 g/mol. The molecule has 0 aliphatic rings. The third-order valence-corrected chi connectivity index (χ3v) is 2.95. The van der Waals surface area contributed by atoms with Crippen LogP contribution in [0, 0.1) is 12.7 Å². The van der Waals surface area contributed by atoms with Crippen LogP contribution < -0.4 is 5.32 Å². The Bertz CT molecular complexity index is 352. The van der Waals surface area contributed by atoms with E-state index in [-0.39, 0.29) is 18.0 Å². The summed E-state index contributed by atoms with van der Waals surface area (Å²) in [4.78, 5) is 0. The fraction of sp³-hybridized carbons (Fsp3) is 0.571. The number of aliphatic hydroxyl groups excluding tert-OH is 1. The van der Waals surface area contributed by atoms with Gasteiger partial charge in [-0.05, 0) is 57.4 Å². The summed E-state index contributed by atoms with van der Waals surface area (Å²) < 4.78 is 13.4. The highest BCUT2D eigenvalue weighted by atomic mass is 19.1. The Hall–Kier alpha value is -0.930. The van der Waals surface area contributed by atoms with Crippen LogP contribution in [0.2, 0.25) is 0 Å². The largest absolute Gasteiger partial charge is 0.393 e. The van der Waals surface area contributed by atoms with Gasteiger partial charge in [-0.3, -0.25) is 0 Å². The second-order valence-corrected chi connectivity index (χ2v) is 4.68. The van der Waals surface area contributed by atoms with Gasteiger partial charge in [-0.2, -0.15) is 0 Å². The highest BCUT2D eigenvalue weighted by Crippen LogP contribution is 2.16. The van der Waals surface area contributed by atoms with Crippen molar-refractivity contribution in [2.75, 3.05) is 6.54 Å². The maximum absolute atomic E-state index is 13.4. The van der Waals surface area contributed by atoms with Crippen LogP contribution in [0.3, 0.4) is 0 Å². The van der Waals surface area contributed by atoms with E-state index in [4.69, 9.17) is 5.11 Å². The molecule has 0 aliphatic heterocycles. The number of hydrogen-bond donors (Lipinski definition) is 2. The lowest BCUT2D eigenvalue weighted by molar-refractivity contribution is 0.181. The SMILES string of the molecule is Cc1ccc(C(C)NCCCC(C)O)cc1F. The molecule has 96 valence electrons. The Kier molecular flexibility index (Phi) is 5.59. The molecule has 1 aromatic rings. The maximum Gasteiger partial charge on any atom is 0.126 e. The standard InChI is InChI=1S/C14H22FNO/c1-10-6-7-13(9-14(10)15)12(3)16-8-4-5-11(2)17/h6-7,9,11-12,16-17H,4-5,8H2,1-3H3. The fourth-order valence-corrected chi connectivity index (χ4v) is 1.71. The summed E-state index contributed by atoms with van der Waals surface area (Å²) in [6.07, 6.45) is 1.47. The van der Waals surface area contributed by atoms with Crippen LogP contribution in [0.25, 0.3) is 0 Å². The van der Waals surface area contributed by atoms with Gasteiger partial charge in [-0.1, -0.05) is 12.1 Å². The lowest BCUT2D eigenvalue weighted by Gasteiger charge is -2.15. The van der Waals surface area contributed by atoms with Gasteiger partial charge in [0.2, 0.25) is 0 Å². The van der Waals surface area contributed by atoms with Crippen molar-refractivity contribution in [3.63, 3.8) is 0 Å². The van der Waals surface area contributed by atoms with Crippen molar-refractivity contribution in [1.29, 1.82) is 0 Å². The van der Waals surface area contributed by atoms with Gasteiger partial charge in [0.1, 0.15) is 5.82 Å². The first-order valence-electron chi connectivity index (χ1n) is 6.18. The Morgan fingerprint density at radius 3 is 2.65 bits per heavy atom. The molecule has 2 atom stereocenters. The molecule has 0 aliphatic carbocycles. The monoisotopic (exact) mass is 239 g/mol. The molecule has 0 bridgehead atoms. The molecule has 0 saturated heterocycles. The minimum Gasteiger partial charge on any atom is -0.393 e. The van der Waals surface area contributed by atoms with Crippen LogP contribution in [0.4, 0.5) is 4.39 Å². The van der Waals surface area contributed by atoms with Gasteiger partial charge in [0.05, 0.1) is 6.10 Å². The van der Waals surface area contributed by atoms with Gasteiger partial charge < -0.3 is 10.4 Å². The molecule has 17 heavy (non-hydrogen) atoms. The minimum absolute atomic E-state index is 0.138. The van der Waals surface area contributed by atoms with E-state index < -0.39 is 0 Å². The van der Waals surface area contributed by atoms with Crippen molar-refractivity contribution >= 4 is 0 Å². The van der Waals surface area contributed by atoms with Crippen molar-refractivity contribution in [2.24, 2.45) is 0 Å². The first kappa shape index (κ1) is 14.1. The second kappa shape index (κ2) is 6.72. The molecule has 1 rings (SSSR count). The van der Waals surface area contributed by atoms with Crippen molar-refractivity contribution in [3.05, 3.63) is 35.1 Å². The lowest BCUT2D eigenvalue weighted by atomic mass is 10.1. The Morgan fingerprint density at radius 2 is 2.06 bits per heavy atom. The highest BCUT2D eigenvalue weighted by Gasteiger charge is 2.07. The zero-order valence-electron chi connectivity index (χ0n) is 10.8. The molecule has 0 heterocycles. The molecule has 0 spiro atoms. The van der Waals surface area contributed by atoms with E-state index in [1.165, 1.54) is 0 Å². The van der Waals surface area contributed by atoms with Gasteiger partial charge in [-0.25, -0.2) is 4.39 Å². The Morgan fingerprint density at radius 1 is 1.35 bits per heavy atom. The van der Waals surface area contributed by atoms with E-state index in [0.29, 0.717) is 5.56 Å². The fourth-order valence-electron chi connectivity index (χ4n) is 1.71. The summed E-state index contributed by atoms with van der Waals surface area (Å²) in [7, 11) is 0.